The summed E-state index contributed by atoms with van der Waals surface area (Å²) < 4.78 is 3.56. The number of nitrogens with zero attached hydrogens (tertiary/aromatic N) is 2. The molecular formula is C20H14Cl2N2O2. The van der Waals surface area contributed by atoms with Crippen LogP contribution in [-0.2, 0) is 14.1 Å². The maximum atomic E-state index is 13.0. The van der Waals surface area contributed by atoms with Crippen LogP contribution < -0.4 is 5.56 Å². The first-order valence-electron chi connectivity index (χ1n) is 7.95. The van der Waals surface area contributed by atoms with E-state index < -0.39 is 0 Å². The first kappa shape index (κ1) is 16.9. The Labute approximate surface area is 159 Å². The zero-order valence-electron chi connectivity index (χ0n) is 14.1. The minimum Gasteiger partial charge on any atom is -0.330 e. The maximum absolute atomic E-state index is 13.0. The SMILES string of the molecule is Cn1c(=O)c(-c2ccc(Cl)cc2Cl)cc2c3cc(C=O)ccc3n(C)c21. The maximum Gasteiger partial charge on any atom is 0.259 e. The molecule has 130 valence electrons. The number of aromatic nitrogens is 2. The van der Waals surface area contributed by atoms with Crippen molar-refractivity contribution in [2.24, 2.45) is 14.1 Å². The molecule has 26 heavy (non-hydrogen) atoms. The van der Waals surface area contributed by atoms with Gasteiger partial charge in [-0.1, -0.05) is 29.3 Å². The van der Waals surface area contributed by atoms with E-state index in [-0.39, 0.29) is 5.56 Å². The Kier molecular flexibility index (Phi) is 3.90. The van der Waals surface area contributed by atoms with E-state index in [1.165, 1.54) is 0 Å². The fourth-order valence-corrected chi connectivity index (χ4v) is 3.99. The van der Waals surface area contributed by atoms with Crippen LogP contribution in [0.25, 0.3) is 33.1 Å². The van der Waals surface area contributed by atoms with Crippen molar-refractivity contribution in [1.82, 2.24) is 9.13 Å². The topological polar surface area (TPSA) is 44.0 Å². The molecular weight excluding hydrogens is 371 g/mol. The lowest BCUT2D eigenvalue weighted by Crippen LogP contribution is -2.20. The molecule has 0 saturated carbocycles. The Morgan fingerprint density at radius 2 is 1.65 bits per heavy atom. The third-order valence-corrected chi connectivity index (χ3v) is 5.28. The zero-order chi connectivity index (χ0) is 18.6. The highest BCUT2D eigenvalue weighted by Gasteiger charge is 2.17. The summed E-state index contributed by atoms with van der Waals surface area (Å²) in [4.78, 5) is 24.2. The average Bonchev–Trinajstić information content (AvgIpc) is 2.90. The molecule has 0 spiro atoms. The Morgan fingerprint density at radius 1 is 0.885 bits per heavy atom. The second kappa shape index (κ2) is 6.01. The van der Waals surface area contributed by atoms with Gasteiger partial charge in [0.05, 0.1) is 10.5 Å². The third kappa shape index (κ3) is 2.37. The van der Waals surface area contributed by atoms with Crippen LogP contribution in [0.15, 0.2) is 47.3 Å². The smallest absolute Gasteiger partial charge is 0.259 e. The number of fused-ring (bicyclic) bond motifs is 3. The van der Waals surface area contributed by atoms with Gasteiger partial charge in [-0.3, -0.25) is 14.2 Å². The van der Waals surface area contributed by atoms with Crippen molar-refractivity contribution in [1.29, 1.82) is 0 Å². The fourth-order valence-electron chi connectivity index (χ4n) is 3.48. The van der Waals surface area contributed by atoms with Crippen molar-refractivity contribution in [3.05, 3.63) is 68.4 Å². The molecule has 2 heterocycles. The van der Waals surface area contributed by atoms with Crippen molar-refractivity contribution in [2.45, 2.75) is 0 Å². The Balaban J connectivity index is 2.17. The molecule has 6 heteroatoms. The predicted octanol–water partition coefficient (Wildman–Crippen LogP) is 4.82. The van der Waals surface area contributed by atoms with Crippen LogP contribution in [-0.4, -0.2) is 15.4 Å². The molecule has 0 aliphatic rings. The van der Waals surface area contributed by atoms with Gasteiger partial charge in [-0.05, 0) is 36.4 Å². The molecule has 0 N–H and O–H groups in total. The van der Waals surface area contributed by atoms with E-state index in [9.17, 15) is 9.59 Å². The van der Waals surface area contributed by atoms with Gasteiger partial charge in [0.15, 0.2) is 0 Å². The molecule has 0 aliphatic heterocycles. The number of pyridine rings is 1. The Bertz CT molecular complexity index is 1270. The molecule has 2 aromatic carbocycles. The average molecular weight is 385 g/mol. The van der Waals surface area contributed by atoms with Gasteiger partial charge < -0.3 is 4.57 Å². The van der Waals surface area contributed by atoms with E-state index in [4.69, 9.17) is 23.2 Å². The molecule has 0 amide bonds. The number of carbonyl (C=O) groups excluding carboxylic acids is 1. The fraction of sp³-hybridized carbons (Fsp3) is 0.100. The molecule has 0 aliphatic carbocycles. The summed E-state index contributed by atoms with van der Waals surface area (Å²) >= 11 is 12.3. The third-order valence-electron chi connectivity index (χ3n) is 4.73. The number of carbonyl (C=O) groups is 1. The number of aryl methyl sites for hydroxylation is 2. The summed E-state index contributed by atoms with van der Waals surface area (Å²) in [6.45, 7) is 0. The van der Waals surface area contributed by atoms with Crippen molar-refractivity contribution in [3.8, 4) is 11.1 Å². The standard InChI is InChI=1S/C20H14Cl2N2O2/c1-23-18-6-3-11(10-25)7-14(18)15-9-16(20(26)24(2)19(15)23)13-5-4-12(21)8-17(13)22/h3-10H,1-2H3. The summed E-state index contributed by atoms with van der Waals surface area (Å²) in [5, 5.41) is 2.73. The van der Waals surface area contributed by atoms with Gasteiger partial charge in [-0.15, -0.1) is 0 Å². The summed E-state index contributed by atoms with van der Waals surface area (Å²) in [5.41, 5.74) is 3.28. The molecule has 4 nitrogen and oxygen atoms in total. The molecule has 0 bridgehead atoms. The van der Waals surface area contributed by atoms with E-state index in [0.717, 1.165) is 28.2 Å². The van der Waals surface area contributed by atoms with Gasteiger partial charge in [0, 0.05) is 46.6 Å². The highest BCUT2D eigenvalue weighted by molar-refractivity contribution is 6.36. The molecule has 4 rings (SSSR count). The number of hydrogen-bond donors (Lipinski definition) is 0. The largest absolute Gasteiger partial charge is 0.330 e. The van der Waals surface area contributed by atoms with Crippen LogP contribution in [0.1, 0.15) is 10.4 Å². The number of halogens is 2. The number of rotatable bonds is 2. The highest BCUT2D eigenvalue weighted by atomic mass is 35.5. The summed E-state index contributed by atoms with van der Waals surface area (Å²) in [7, 11) is 3.64. The number of benzene rings is 2. The van der Waals surface area contributed by atoms with Crippen molar-refractivity contribution >= 4 is 51.4 Å². The monoisotopic (exact) mass is 384 g/mol. The molecule has 4 aromatic rings. The van der Waals surface area contributed by atoms with Gasteiger partial charge in [-0.2, -0.15) is 0 Å². The van der Waals surface area contributed by atoms with Gasteiger partial charge in [-0.25, -0.2) is 0 Å². The normalized spacial score (nSPS) is 11.4. The molecule has 0 unspecified atom stereocenters. The van der Waals surface area contributed by atoms with Crippen molar-refractivity contribution in [3.63, 3.8) is 0 Å². The van der Waals surface area contributed by atoms with Crippen LogP contribution in [0.5, 0.6) is 0 Å². The van der Waals surface area contributed by atoms with E-state index in [2.05, 4.69) is 0 Å². The van der Waals surface area contributed by atoms with Crippen LogP contribution in [0.2, 0.25) is 10.0 Å². The molecule has 2 aromatic heterocycles. The minimum atomic E-state index is -0.150. The lowest BCUT2D eigenvalue weighted by Gasteiger charge is -2.09. The summed E-state index contributed by atoms with van der Waals surface area (Å²) in [6.07, 6.45) is 0.817. The minimum absolute atomic E-state index is 0.150. The Morgan fingerprint density at radius 3 is 2.35 bits per heavy atom. The highest BCUT2D eigenvalue weighted by Crippen LogP contribution is 2.33. The van der Waals surface area contributed by atoms with Gasteiger partial charge >= 0.3 is 0 Å². The lowest BCUT2D eigenvalue weighted by molar-refractivity contribution is 0.112. The van der Waals surface area contributed by atoms with Crippen LogP contribution in [0.4, 0.5) is 0 Å². The van der Waals surface area contributed by atoms with Gasteiger partial charge in [0.1, 0.15) is 11.9 Å². The van der Waals surface area contributed by atoms with Crippen molar-refractivity contribution in [2.75, 3.05) is 0 Å². The Hall–Kier alpha value is -2.56. The van der Waals surface area contributed by atoms with E-state index in [1.807, 2.05) is 29.8 Å². The molecule has 0 saturated heterocycles. The lowest BCUT2D eigenvalue weighted by atomic mass is 10.0. The zero-order valence-corrected chi connectivity index (χ0v) is 15.6. The van der Waals surface area contributed by atoms with Crippen LogP contribution in [0.3, 0.4) is 0 Å². The van der Waals surface area contributed by atoms with Crippen LogP contribution >= 0.6 is 23.2 Å². The molecule has 0 atom stereocenters. The van der Waals surface area contributed by atoms with E-state index >= 15 is 0 Å². The van der Waals surface area contributed by atoms with Gasteiger partial charge in [0.2, 0.25) is 0 Å². The number of hydrogen-bond acceptors (Lipinski definition) is 2. The first-order chi connectivity index (χ1) is 12.4. The second-order valence-corrected chi connectivity index (χ2v) is 7.08. The van der Waals surface area contributed by atoms with Gasteiger partial charge in [0.25, 0.3) is 5.56 Å². The first-order valence-corrected chi connectivity index (χ1v) is 8.70. The van der Waals surface area contributed by atoms with Crippen molar-refractivity contribution < 1.29 is 4.79 Å². The molecule has 0 fully saturated rings. The van der Waals surface area contributed by atoms with E-state index in [1.54, 1.807) is 35.9 Å². The second-order valence-electron chi connectivity index (χ2n) is 6.24. The van der Waals surface area contributed by atoms with Crippen LogP contribution in [0, 0.1) is 0 Å². The predicted molar refractivity (Wildman–Crippen MR) is 107 cm³/mol. The number of aldehydes is 1. The summed E-state index contributed by atoms with van der Waals surface area (Å²) in [5.74, 6) is 0. The molecule has 0 radical (unpaired) electrons. The summed E-state index contributed by atoms with van der Waals surface area (Å²) in [6, 6.07) is 12.4. The van der Waals surface area contributed by atoms with E-state index in [0.29, 0.717) is 26.7 Å². The quantitative estimate of drug-likeness (QED) is 0.465.